The molecule has 5 rings (SSSR count). The summed E-state index contributed by atoms with van der Waals surface area (Å²) >= 11 is 0. The third kappa shape index (κ3) is 4.02. The number of nitrogens with zero attached hydrogens (tertiary/aromatic N) is 3. The predicted molar refractivity (Wildman–Crippen MR) is 126 cm³/mol. The molecule has 0 bridgehead atoms. The average molecular weight is 448 g/mol. The molecular weight excluding hydrogens is 418 g/mol. The molecule has 2 aromatic heterocycles. The molecule has 0 spiro atoms. The molecule has 1 aliphatic carbocycles. The Hall–Kier alpha value is -3.19. The number of amides is 1. The smallest absolute Gasteiger partial charge is 0.259 e. The zero-order chi connectivity index (χ0) is 23.1. The Bertz CT molecular complexity index is 1240. The number of morpholine rings is 1. The first-order chi connectivity index (χ1) is 15.9. The molecule has 0 radical (unpaired) electrons. The van der Waals surface area contributed by atoms with Gasteiger partial charge in [-0.25, -0.2) is 4.98 Å². The molecule has 1 aliphatic heterocycles. The lowest BCUT2D eigenvalue weighted by molar-refractivity contribution is -0.0387. The molecule has 0 saturated carbocycles. The summed E-state index contributed by atoms with van der Waals surface area (Å²) in [5.41, 5.74) is 3.17. The summed E-state index contributed by atoms with van der Waals surface area (Å²) < 4.78 is 13.7. The van der Waals surface area contributed by atoms with Gasteiger partial charge in [0.05, 0.1) is 35.9 Å². The number of fused-ring (bicyclic) bond motifs is 2. The monoisotopic (exact) mass is 447 g/mol. The van der Waals surface area contributed by atoms with Crippen LogP contribution < -0.4 is 10.2 Å². The number of pyridine rings is 2. The summed E-state index contributed by atoms with van der Waals surface area (Å²) in [6, 6.07) is 9.93. The van der Waals surface area contributed by atoms with Crippen LogP contribution >= 0.6 is 0 Å². The second-order valence-electron chi connectivity index (χ2n) is 9.06. The first-order valence-corrected chi connectivity index (χ1v) is 11.6. The fourth-order valence-electron chi connectivity index (χ4n) is 4.86. The largest absolute Gasteiger partial charge is 0.474 e. The summed E-state index contributed by atoms with van der Waals surface area (Å²) in [5.74, 6) is 0.162. The van der Waals surface area contributed by atoms with E-state index in [1.165, 1.54) is 11.1 Å². The van der Waals surface area contributed by atoms with E-state index in [1.54, 1.807) is 23.4 Å². The van der Waals surface area contributed by atoms with Crippen molar-refractivity contribution in [1.82, 2.24) is 14.5 Å². The quantitative estimate of drug-likeness (QED) is 0.614. The highest BCUT2D eigenvalue weighted by atomic mass is 16.5. The van der Waals surface area contributed by atoms with Crippen LogP contribution in [0.25, 0.3) is 10.9 Å². The van der Waals surface area contributed by atoms with Crippen molar-refractivity contribution in [2.24, 2.45) is 0 Å². The minimum atomic E-state index is -0.284. The molecule has 7 nitrogen and oxygen atoms in total. The van der Waals surface area contributed by atoms with Crippen LogP contribution in [-0.4, -0.2) is 51.8 Å². The Morgan fingerprint density at radius 3 is 2.64 bits per heavy atom. The fourth-order valence-corrected chi connectivity index (χ4v) is 4.86. The molecule has 0 unspecified atom stereocenters. The molecule has 7 heteroatoms. The Morgan fingerprint density at radius 2 is 1.94 bits per heavy atom. The third-order valence-electron chi connectivity index (χ3n) is 6.68. The van der Waals surface area contributed by atoms with E-state index in [9.17, 15) is 9.59 Å². The van der Waals surface area contributed by atoms with Crippen molar-refractivity contribution in [3.05, 3.63) is 69.6 Å². The lowest BCUT2D eigenvalue weighted by atomic mass is 10.1. The minimum absolute atomic E-state index is 0.0127. The average Bonchev–Trinajstić information content (AvgIpc) is 3.23. The van der Waals surface area contributed by atoms with E-state index in [0.29, 0.717) is 36.5 Å². The Morgan fingerprint density at radius 1 is 1.21 bits per heavy atom. The van der Waals surface area contributed by atoms with Crippen molar-refractivity contribution in [2.75, 3.05) is 13.2 Å². The van der Waals surface area contributed by atoms with Gasteiger partial charge >= 0.3 is 0 Å². The SMILES string of the molecule is CCn1cc(C(=O)N2C[C@@H](C)OC[C@H]2C)c(=O)c2cc(OC3Cc4ccccc4C3)ncc21. The minimum Gasteiger partial charge on any atom is -0.474 e. The van der Waals surface area contributed by atoms with Crippen LogP contribution in [0.1, 0.15) is 42.3 Å². The van der Waals surface area contributed by atoms with Gasteiger partial charge in [-0.3, -0.25) is 9.59 Å². The molecule has 3 heterocycles. The zero-order valence-corrected chi connectivity index (χ0v) is 19.3. The molecular formula is C26H29N3O4. The van der Waals surface area contributed by atoms with E-state index in [4.69, 9.17) is 9.47 Å². The van der Waals surface area contributed by atoms with Crippen LogP contribution in [0.5, 0.6) is 5.88 Å². The van der Waals surface area contributed by atoms with E-state index in [-0.39, 0.29) is 35.1 Å². The number of aromatic nitrogens is 2. The molecule has 3 aromatic rings. The summed E-state index contributed by atoms with van der Waals surface area (Å²) in [6.45, 7) is 7.42. The molecule has 1 amide bonds. The second kappa shape index (κ2) is 8.63. The van der Waals surface area contributed by atoms with E-state index in [0.717, 1.165) is 12.8 Å². The van der Waals surface area contributed by atoms with E-state index >= 15 is 0 Å². The Balaban J connectivity index is 1.48. The Labute approximate surface area is 192 Å². The van der Waals surface area contributed by atoms with Gasteiger partial charge in [0.25, 0.3) is 5.91 Å². The van der Waals surface area contributed by atoms with Gasteiger partial charge in [-0.05, 0) is 31.9 Å². The van der Waals surface area contributed by atoms with Crippen molar-refractivity contribution >= 4 is 16.8 Å². The molecule has 172 valence electrons. The highest BCUT2D eigenvalue weighted by molar-refractivity contribution is 5.97. The second-order valence-corrected chi connectivity index (χ2v) is 9.06. The topological polar surface area (TPSA) is 73.7 Å². The van der Waals surface area contributed by atoms with Crippen LogP contribution in [0.15, 0.2) is 47.5 Å². The van der Waals surface area contributed by atoms with Crippen molar-refractivity contribution in [1.29, 1.82) is 0 Å². The number of rotatable bonds is 4. The van der Waals surface area contributed by atoms with Crippen LogP contribution in [0.2, 0.25) is 0 Å². The van der Waals surface area contributed by atoms with Gasteiger partial charge in [0, 0.05) is 38.2 Å². The van der Waals surface area contributed by atoms with Crippen molar-refractivity contribution in [2.45, 2.75) is 58.4 Å². The number of carbonyl (C=O) groups is 1. The molecule has 2 atom stereocenters. The van der Waals surface area contributed by atoms with Gasteiger partial charge in [0.1, 0.15) is 11.7 Å². The summed E-state index contributed by atoms with van der Waals surface area (Å²) in [7, 11) is 0. The lowest BCUT2D eigenvalue weighted by Gasteiger charge is -2.36. The number of aryl methyl sites for hydroxylation is 1. The van der Waals surface area contributed by atoms with Gasteiger partial charge in [0.15, 0.2) is 0 Å². The summed E-state index contributed by atoms with van der Waals surface area (Å²) in [5, 5.41) is 0.456. The van der Waals surface area contributed by atoms with E-state index in [1.807, 2.05) is 37.5 Å². The maximum absolute atomic E-state index is 13.5. The molecule has 1 fully saturated rings. The third-order valence-corrected chi connectivity index (χ3v) is 6.68. The number of ether oxygens (including phenoxy) is 2. The maximum Gasteiger partial charge on any atom is 0.259 e. The van der Waals surface area contributed by atoms with Crippen molar-refractivity contribution in [3.8, 4) is 5.88 Å². The molecule has 2 aliphatic rings. The summed E-state index contributed by atoms with van der Waals surface area (Å²) in [6.07, 6.45) is 4.91. The predicted octanol–water partition coefficient (Wildman–Crippen LogP) is 3.21. The maximum atomic E-state index is 13.5. The van der Waals surface area contributed by atoms with Crippen molar-refractivity contribution < 1.29 is 14.3 Å². The number of carbonyl (C=O) groups excluding carboxylic acids is 1. The highest BCUT2D eigenvalue weighted by Gasteiger charge is 2.30. The van der Waals surface area contributed by atoms with Crippen LogP contribution in [-0.2, 0) is 24.1 Å². The van der Waals surface area contributed by atoms with E-state index < -0.39 is 0 Å². The van der Waals surface area contributed by atoms with Crippen molar-refractivity contribution in [3.63, 3.8) is 0 Å². The fraction of sp³-hybridized carbons (Fsp3) is 0.423. The molecule has 1 saturated heterocycles. The van der Waals surface area contributed by atoms with Gasteiger partial charge in [-0.15, -0.1) is 0 Å². The van der Waals surface area contributed by atoms with Gasteiger partial charge in [0.2, 0.25) is 11.3 Å². The standard InChI is InChI=1S/C26H29N3O4/c1-4-28-14-22(26(31)29-13-17(3)32-15-16(29)2)25(30)21-11-24(27-12-23(21)28)33-20-9-18-7-5-6-8-19(18)10-20/h5-8,11-12,14,16-17,20H,4,9-10,13,15H2,1-3H3/t16-,17-/m1/s1. The first kappa shape index (κ1) is 21.6. The van der Waals surface area contributed by atoms with Crippen LogP contribution in [0, 0.1) is 0 Å². The molecule has 0 N–H and O–H groups in total. The zero-order valence-electron chi connectivity index (χ0n) is 19.3. The number of hydrogen-bond donors (Lipinski definition) is 0. The highest BCUT2D eigenvalue weighted by Crippen LogP contribution is 2.26. The van der Waals surface area contributed by atoms with Gasteiger partial charge in [-0.1, -0.05) is 24.3 Å². The van der Waals surface area contributed by atoms with E-state index in [2.05, 4.69) is 17.1 Å². The normalized spacial score (nSPS) is 20.8. The molecule has 33 heavy (non-hydrogen) atoms. The van der Waals surface area contributed by atoms with Gasteiger partial charge in [-0.2, -0.15) is 0 Å². The first-order valence-electron chi connectivity index (χ1n) is 11.6. The van der Waals surface area contributed by atoms with Gasteiger partial charge < -0.3 is 18.9 Å². The number of benzene rings is 1. The van der Waals surface area contributed by atoms with Crippen LogP contribution in [0.4, 0.5) is 0 Å². The Kier molecular flexibility index (Phi) is 5.66. The number of hydrogen-bond acceptors (Lipinski definition) is 5. The van der Waals surface area contributed by atoms with Crippen LogP contribution in [0.3, 0.4) is 0 Å². The lowest BCUT2D eigenvalue weighted by Crippen LogP contribution is -2.51. The summed E-state index contributed by atoms with van der Waals surface area (Å²) in [4.78, 5) is 33.1. The molecule has 1 aromatic carbocycles.